The van der Waals surface area contributed by atoms with E-state index in [9.17, 15) is 9.18 Å². The summed E-state index contributed by atoms with van der Waals surface area (Å²) in [5, 5.41) is 16.8. The fourth-order valence-corrected chi connectivity index (χ4v) is 5.12. The van der Waals surface area contributed by atoms with E-state index in [-0.39, 0.29) is 17.2 Å². The molecule has 0 bridgehead atoms. The number of hydrogen-bond acceptors (Lipinski definition) is 4. The number of hydrogen-bond donors (Lipinski definition) is 1. The number of fused-ring (bicyclic) bond motifs is 2. The first-order chi connectivity index (χ1) is 16.0. The molecule has 2 aromatic carbocycles. The zero-order valence-electron chi connectivity index (χ0n) is 18.3. The summed E-state index contributed by atoms with van der Waals surface area (Å²) in [6.45, 7) is 4.37. The van der Waals surface area contributed by atoms with Crippen LogP contribution in [0.4, 0.5) is 4.39 Å². The van der Waals surface area contributed by atoms with Crippen LogP contribution in [0.3, 0.4) is 0 Å². The van der Waals surface area contributed by atoms with Crippen molar-refractivity contribution in [2.75, 3.05) is 0 Å². The Labute approximate surface area is 195 Å². The monoisotopic (exact) mass is 459 g/mol. The summed E-state index contributed by atoms with van der Waals surface area (Å²) in [5.74, 6) is -0.682. The van der Waals surface area contributed by atoms with Gasteiger partial charge in [-0.05, 0) is 49.7 Å². The molecule has 0 radical (unpaired) electrons. The molecule has 0 saturated carbocycles. The van der Waals surface area contributed by atoms with E-state index in [0.717, 1.165) is 40.0 Å². The highest BCUT2D eigenvalue weighted by Gasteiger charge is 2.35. The number of hydrazone groups is 1. The number of aromatic nitrogens is 1. The average molecular weight is 460 g/mol. The number of para-hydroxylation sites is 1. The third kappa shape index (κ3) is 3.70. The molecular weight excluding hydrogens is 437 g/mol. The molecule has 2 aliphatic rings. The van der Waals surface area contributed by atoms with Crippen LogP contribution in [0.1, 0.15) is 36.6 Å². The lowest BCUT2D eigenvalue weighted by Gasteiger charge is -2.20. The molecule has 6 nitrogen and oxygen atoms in total. The average Bonchev–Trinajstić information content (AvgIpc) is 3.32. The van der Waals surface area contributed by atoms with Gasteiger partial charge in [0.05, 0.1) is 12.1 Å². The van der Waals surface area contributed by atoms with Gasteiger partial charge in [0.25, 0.3) is 5.91 Å². The highest BCUT2D eigenvalue weighted by molar-refractivity contribution is 8.26. The normalized spacial score (nSPS) is 17.1. The van der Waals surface area contributed by atoms with E-state index in [1.807, 2.05) is 41.8 Å². The first-order valence-electron chi connectivity index (χ1n) is 10.8. The summed E-state index contributed by atoms with van der Waals surface area (Å²) in [5.41, 5.74) is 3.41. The lowest BCUT2D eigenvalue weighted by atomic mass is 10.1. The molecule has 0 unspecified atom stereocenters. The Morgan fingerprint density at radius 2 is 1.91 bits per heavy atom. The summed E-state index contributed by atoms with van der Waals surface area (Å²) in [6, 6.07) is 14.5. The molecule has 166 valence electrons. The summed E-state index contributed by atoms with van der Waals surface area (Å²) < 4.78 is 16.4. The van der Waals surface area contributed by atoms with Gasteiger partial charge in [-0.1, -0.05) is 43.3 Å². The predicted molar refractivity (Wildman–Crippen MR) is 132 cm³/mol. The Morgan fingerprint density at radius 1 is 1.15 bits per heavy atom. The number of nitrogens with one attached hydrogen (secondary N) is 1. The number of amides is 1. The number of rotatable bonds is 5. The topological polar surface area (TPSA) is 73.8 Å². The van der Waals surface area contributed by atoms with Crippen LogP contribution >= 0.6 is 11.8 Å². The van der Waals surface area contributed by atoms with Gasteiger partial charge in [-0.25, -0.2) is 4.39 Å². The molecule has 33 heavy (non-hydrogen) atoms. The van der Waals surface area contributed by atoms with Crippen LogP contribution in [-0.2, 0) is 11.3 Å². The minimum atomic E-state index is -0.447. The molecule has 2 aliphatic heterocycles. The molecule has 8 heteroatoms. The number of halogens is 1. The van der Waals surface area contributed by atoms with E-state index < -0.39 is 5.91 Å². The van der Waals surface area contributed by atoms with Crippen molar-refractivity contribution in [1.29, 1.82) is 5.41 Å². The van der Waals surface area contributed by atoms with Gasteiger partial charge in [0.15, 0.2) is 5.84 Å². The standard InChI is InChI=1S/C25H22FN5OS/c1-3-8-22-29-31-23(27)19(24(32)28-25(31)33-22)13-18-15(2)30(21-12-7-5-10-17(18)21)14-16-9-4-6-11-20(16)26/h4-7,9-13,27H,3,8,14H2,1-2H3/b19-13-,27-23?. The highest BCUT2D eigenvalue weighted by Crippen LogP contribution is 2.33. The molecule has 1 aromatic heterocycles. The van der Waals surface area contributed by atoms with Crippen LogP contribution in [0.2, 0.25) is 0 Å². The Kier molecular flexibility index (Phi) is 5.46. The Hall–Kier alpha value is -3.52. The van der Waals surface area contributed by atoms with Crippen molar-refractivity contribution in [3.63, 3.8) is 0 Å². The maximum absolute atomic E-state index is 14.4. The van der Waals surface area contributed by atoms with E-state index in [1.54, 1.807) is 18.2 Å². The van der Waals surface area contributed by atoms with Crippen LogP contribution < -0.4 is 0 Å². The number of carbonyl (C=O) groups is 1. The van der Waals surface area contributed by atoms with Crippen LogP contribution in [0.15, 0.2) is 64.2 Å². The van der Waals surface area contributed by atoms with Crippen molar-refractivity contribution in [3.05, 3.63) is 76.7 Å². The van der Waals surface area contributed by atoms with Gasteiger partial charge < -0.3 is 4.57 Å². The molecule has 1 amide bonds. The smallest absolute Gasteiger partial charge is 0.283 e. The van der Waals surface area contributed by atoms with E-state index in [1.165, 1.54) is 22.8 Å². The highest BCUT2D eigenvalue weighted by atomic mass is 32.2. The SMILES string of the molecule is CCCC1=NN2C(=N)/C(=C/c3c(C)n(Cc4ccccc4F)c4ccccc34)C(=O)N=C2S1. The number of thioether (sulfide) groups is 1. The zero-order chi connectivity index (χ0) is 23.1. The zero-order valence-corrected chi connectivity index (χ0v) is 19.1. The fourth-order valence-electron chi connectivity index (χ4n) is 4.13. The van der Waals surface area contributed by atoms with E-state index >= 15 is 0 Å². The summed E-state index contributed by atoms with van der Waals surface area (Å²) in [7, 11) is 0. The predicted octanol–water partition coefficient (Wildman–Crippen LogP) is 5.56. The minimum Gasteiger partial charge on any atom is -0.340 e. The summed E-state index contributed by atoms with van der Waals surface area (Å²) >= 11 is 1.34. The molecule has 3 heterocycles. The fraction of sp³-hybridized carbons (Fsp3) is 0.200. The van der Waals surface area contributed by atoms with Gasteiger partial charge in [-0.3, -0.25) is 10.2 Å². The third-order valence-corrected chi connectivity index (χ3v) is 6.78. The van der Waals surface area contributed by atoms with Crippen LogP contribution in [0, 0.1) is 18.2 Å². The van der Waals surface area contributed by atoms with Crippen LogP contribution in [0.5, 0.6) is 0 Å². The lowest BCUT2D eigenvalue weighted by molar-refractivity contribution is -0.114. The minimum absolute atomic E-state index is 0.0222. The molecule has 0 saturated heterocycles. The van der Waals surface area contributed by atoms with E-state index in [4.69, 9.17) is 5.41 Å². The Morgan fingerprint density at radius 3 is 2.70 bits per heavy atom. The van der Waals surface area contributed by atoms with Gasteiger partial charge in [0.2, 0.25) is 5.17 Å². The largest absolute Gasteiger partial charge is 0.340 e. The van der Waals surface area contributed by atoms with Crippen molar-refractivity contribution >= 4 is 50.7 Å². The van der Waals surface area contributed by atoms with Gasteiger partial charge >= 0.3 is 0 Å². The van der Waals surface area contributed by atoms with Gasteiger partial charge in [-0.15, -0.1) is 0 Å². The quantitative estimate of drug-likeness (QED) is 0.508. The number of benzene rings is 2. The number of nitrogens with zero attached hydrogens (tertiary/aromatic N) is 4. The van der Waals surface area contributed by atoms with Crippen molar-refractivity contribution in [1.82, 2.24) is 9.58 Å². The molecule has 1 N–H and O–H groups in total. The third-order valence-electron chi connectivity index (χ3n) is 5.81. The molecular formula is C25H22FN5OS. The maximum Gasteiger partial charge on any atom is 0.283 e. The molecule has 0 atom stereocenters. The van der Waals surface area contributed by atoms with Crippen LogP contribution in [-0.4, -0.2) is 31.5 Å². The van der Waals surface area contributed by atoms with Gasteiger partial charge in [-0.2, -0.15) is 15.1 Å². The lowest BCUT2D eigenvalue weighted by Crippen LogP contribution is -2.35. The maximum atomic E-state index is 14.4. The van der Waals surface area contributed by atoms with Crippen molar-refractivity contribution in [2.24, 2.45) is 10.1 Å². The van der Waals surface area contributed by atoms with Crippen molar-refractivity contribution in [3.8, 4) is 0 Å². The van der Waals surface area contributed by atoms with E-state index in [0.29, 0.717) is 17.3 Å². The second-order valence-electron chi connectivity index (χ2n) is 7.96. The first-order valence-corrected chi connectivity index (χ1v) is 11.6. The molecule has 3 aromatic rings. The van der Waals surface area contributed by atoms with E-state index in [2.05, 4.69) is 17.0 Å². The van der Waals surface area contributed by atoms with Gasteiger partial charge in [0, 0.05) is 27.7 Å². The van der Waals surface area contributed by atoms with Crippen molar-refractivity contribution < 1.29 is 9.18 Å². The number of amidine groups is 2. The van der Waals surface area contributed by atoms with Crippen LogP contribution in [0.25, 0.3) is 17.0 Å². The summed E-state index contributed by atoms with van der Waals surface area (Å²) in [6.07, 6.45) is 3.43. The second-order valence-corrected chi connectivity index (χ2v) is 9.00. The molecule has 0 spiro atoms. The Bertz CT molecular complexity index is 1400. The summed E-state index contributed by atoms with van der Waals surface area (Å²) in [4.78, 5) is 17.0. The first kappa shape index (κ1) is 21.3. The van der Waals surface area contributed by atoms with Gasteiger partial charge in [0.1, 0.15) is 10.9 Å². The number of aliphatic imine (C=N–C) groups is 1. The molecule has 0 fully saturated rings. The molecule has 0 aliphatic carbocycles. The van der Waals surface area contributed by atoms with Crippen molar-refractivity contribution in [2.45, 2.75) is 33.2 Å². The number of carbonyl (C=O) groups excluding carboxylic acids is 1. The Balaban J connectivity index is 1.60. The molecule has 5 rings (SSSR count). The second kappa shape index (κ2) is 8.44.